The van der Waals surface area contributed by atoms with Crippen LogP contribution in [-0.4, -0.2) is 5.11 Å². The second-order valence-corrected chi connectivity index (χ2v) is 1.58. The third-order valence-corrected chi connectivity index (χ3v) is 0.806. The van der Waals surface area contributed by atoms with Crippen LogP contribution in [0.25, 0.3) is 0 Å². The number of thiol groups is 1. The molecule has 1 aromatic heterocycles. The van der Waals surface area contributed by atoms with Crippen LogP contribution >= 0.6 is 12.6 Å². The Hall–Kier alpha value is -0.570. The lowest BCUT2D eigenvalue weighted by atomic mass is 10.6. The molecule has 1 N–H and O–H groups in total. The van der Waals surface area contributed by atoms with Crippen LogP contribution in [0.5, 0.6) is 5.75 Å². The molecule has 0 atom stereocenters. The summed E-state index contributed by atoms with van der Waals surface area (Å²) in [5, 5.41) is 8.94. The highest BCUT2D eigenvalue weighted by atomic mass is 32.1. The topological polar surface area (TPSA) is 33.4 Å². The van der Waals surface area contributed by atoms with Crippen molar-refractivity contribution in [3.8, 4) is 5.75 Å². The Bertz CT molecular complexity index is 142. The van der Waals surface area contributed by atoms with E-state index in [9.17, 15) is 0 Å². The molecule has 0 spiro atoms. The van der Waals surface area contributed by atoms with Crippen molar-refractivity contribution in [1.82, 2.24) is 0 Å². The van der Waals surface area contributed by atoms with E-state index in [1.54, 1.807) is 0 Å². The van der Waals surface area contributed by atoms with Gasteiger partial charge in [0.05, 0.1) is 0 Å². The molecule has 0 unspecified atom stereocenters. The summed E-state index contributed by atoms with van der Waals surface area (Å²) >= 11 is 3.78. The standard InChI is InChI=1S/C4H4O2S/c5-3-1-4(7)6-2-3/h1-2,5,7H. The molecule has 0 fully saturated rings. The molecule has 0 amide bonds. The maximum absolute atomic E-state index is 8.51. The number of hydrogen-bond acceptors (Lipinski definition) is 3. The smallest absolute Gasteiger partial charge is 0.160 e. The molecular formula is C4H4O2S. The summed E-state index contributed by atoms with van der Waals surface area (Å²) in [6.07, 6.45) is 1.22. The quantitative estimate of drug-likeness (QED) is 0.500. The van der Waals surface area contributed by atoms with Gasteiger partial charge in [-0.25, -0.2) is 0 Å². The lowest BCUT2D eigenvalue weighted by Gasteiger charge is -1.67. The minimum absolute atomic E-state index is 0.116. The van der Waals surface area contributed by atoms with Crippen molar-refractivity contribution >= 4 is 12.6 Å². The third kappa shape index (κ3) is 0.899. The Morgan fingerprint density at radius 2 is 2.43 bits per heavy atom. The Labute approximate surface area is 46.2 Å². The van der Waals surface area contributed by atoms with Gasteiger partial charge in [0, 0.05) is 6.07 Å². The van der Waals surface area contributed by atoms with Gasteiger partial charge >= 0.3 is 0 Å². The molecular weight excluding hydrogens is 112 g/mol. The highest BCUT2D eigenvalue weighted by molar-refractivity contribution is 7.80. The SMILES string of the molecule is Oc1coc(S)c1. The second-order valence-electron chi connectivity index (χ2n) is 1.14. The lowest BCUT2D eigenvalue weighted by molar-refractivity contribution is 0.441. The van der Waals surface area contributed by atoms with E-state index in [0.29, 0.717) is 5.09 Å². The Kier molecular flexibility index (Phi) is 0.982. The molecule has 0 aromatic carbocycles. The van der Waals surface area contributed by atoms with E-state index in [1.807, 2.05) is 0 Å². The Morgan fingerprint density at radius 3 is 2.57 bits per heavy atom. The van der Waals surface area contributed by atoms with Gasteiger partial charge in [0.15, 0.2) is 10.8 Å². The summed E-state index contributed by atoms with van der Waals surface area (Å²) in [5.41, 5.74) is 0. The highest BCUT2D eigenvalue weighted by Crippen LogP contribution is 2.15. The number of rotatable bonds is 0. The van der Waals surface area contributed by atoms with Gasteiger partial charge in [-0.3, -0.25) is 0 Å². The zero-order valence-electron chi connectivity index (χ0n) is 3.46. The van der Waals surface area contributed by atoms with Gasteiger partial charge in [-0.15, -0.1) is 12.6 Å². The van der Waals surface area contributed by atoms with Crippen LogP contribution in [0.2, 0.25) is 0 Å². The van der Waals surface area contributed by atoms with Crippen LogP contribution in [0.4, 0.5) is 0 Å². The van der Waals surface area contributed by atoms with E-state index >= 15 is 0 Å². The van der Waals surface area contributed by atoms with E-state index in [0.717, 1.165) is 0 Å². The average molecular weight is 116 g/mol. The maximum atomic E-state index is 8.51. The van der Waals surface area contributed by atoms with Gasteiger partial charge in [0.2, 0.25) is 0 Å². The number of hydrogen-bond donors (Lipinski definition) is 2. The van der Waals surface area contributed by atoms with Gasteiger partial charge in [-0.2, -0.15) is 0 Å². The van der Waals surface area contributed by atoms with E-state index < -0.39 is 0 Å². The first kappa shape index (κ1) is 4.59. The average Bonchev–Trinajstić information content (AvgIpc) is 1.87. The zero-order chi connectivity index (χ0) is 5.28. The predicted octanol–water partition coefficient (Wildman–Crippen LogP) is 1.27. The second kappa shape index (κ2) is 1.50. The molecule has 2 nitrogen and oxygen atoms in total. The van der Waals surface area contributed by atoms with Crippen LogP contribution in [-0.2, 0) is 0 Å². The van der Waals surface area contributed by atoms with Crippen LogP contribution < -0.4 is 0 Å². The maximum Gasteiger partial charge on any atom is 0.160 e. The fourth-order valence-electron chi connectivity index (χ4n) is 0.315. The number of aromatic hydroxyl groups is 1. The first-order valence-corrected chi connectivity index (χ1v) is 2.20. The Balaban J connectivity index is 3.04. The van der Waals surface area contributed by atoms with Gasteiger partial charge in [0.25, 0.3) is 0 Å². The van der Waals surface area contributed by atoms with Crippen molar-refractivity contribution in [1.29, 1.82) is 0 Å². The molecule has 1 rings (SSSR count). The summed E-state index contributed by atoms with van der Waals surface area (Å²) in [5.74, 6) is 0.116. The monoisotopic (exact) mass is 116 g/mol. The number of furan rings is 1. The Morgan fingerprint density at radius 1 is 1.71 bits per heavy atom. The highest BCUT2D eigenvalue weighted by Gasteiger charge is 1.89. The first-order chi connectivity index (χ1) is 3.29. The minimum atomic E-state index is 0.116. The van der Waals surface area contributed by atoms with E-state index in [2.05, 4.69) is 17.0 Å². The van der Waals surface area contributed by atoms with Crippen molar-refractivity contribution < 1.29 is 9.52 Å². The zero-order valence-corrected chi connectivity index (χ0v) is 4.35. The van der Waals surface area contributed by atoms with Crippen molar-refractivity contribution in [2.45, 2.75) is 5.09 Å². The summed E-state index contributed by atoms with van der Waals surface area (Å²) < 4.78 is 4.58. The molecule has 0 saturated carbocycles. The van der Waals surface area contributed by atoms with Crippen LogP contribution in [0, 0.1) is 0 Å². The molecule has 0 aliphatic rings. The van der Waals surface area contributed by atoms with Gasteiger partial charge in [0.1, 0.15) is 6.26 Å². The van der Waals surface area contributed by atoms with E-state index in [4.69, 9.17) is 5.11 Å². The summed E-state index contributed by atoms with van der Waals surface area (Å²) in [6.45, 7) is 0. The van der Waals surface area contributed by atoms with Crippen LogP contribution in [0.3, 0.4) is 0 Å². The molecule has 7 heavy (non-hydrogen) atoms. The lowest BCUT2D eigenvalue weighted by Crippen LogP contribution is -1.43. The van der Waals surface area contributed by atoms with Gasteiger partial charge in [-0.1, -0.05) is 0 Å². The molecule has 0 bridgehead atoms. The van der Waals surface area contributed by atoms with E-state index in [-0.39, 0.29) is 5.75 Å². The van der Waals surface area contributed by atoms with Crippen LogP contribution in [0.1, 0.15) is 0 Å². The molecule has 0 aliphatic heterocycles. The fourth-order valence-corrected chi connectivity index (χ4v) is 0.500. The third-order valence-electron chi connectivity index (χ3n) is 0.572. The predicted molar refractivity (Wildman–Crippen MR) is 27.6 cm³/mol. The molecule has 38 valence electrons. The summed E-state index contributed by atoms with van der Waals surface area (Å²) in [7, 11) is 0. The molecule has 0 aliphatic carbocycles. The fraction of sp³-hybridized carbons (Fsp3) is 0. The van der Waals surface area contributed by atoms with Gasteiger partial charge in [-0.05, 0) is 0 Å². The van der Waals surface area contributed by atoms with Crippen molar-refractivity contribution in [3.63, 3.8) is 0 Å². The largest absolute Gasteiger partial charge is 0.505 e. The van der Waals surface area contributed by atoms with Crippen LogP contribution in [0.15, 0.2) is 21.8 Å². The first-order valence-electron chi connectivity index (χ1n) is 1.75. The summed E-state index contributed by atoms with van der Waals surface area (Å²) in [6, 6.07) is 1.42. The van der Waals surface area contributed by atoms with E-state index in [1.165, 1.54) is 12.3 Å². The minimum Gasteiger partial charge on any atom is -0.505 e. The van der Waals surface area contributed by atoms with Crippen molar-refractivity contribution in [3.05, 3.63) is 12.3 Å². The molecule has 1 aromatic rings. The molecule has 0 radical (unpaired) electrons. The molecule has 0 saturated heterocycles. The molecule has 3 heteroatoms. The summed E-state index contributed by atoms with van der Waals surface area (Å²) in [4.78, 5) is 0. The normalized spacial score (nSPS) is 9.29. The molecule has 1 heterocycles. The van der Waals surface area contributed by atoms with Gasteiger partial charge < -0.3 is 9.52 Å². The van der Waals surface area contributed by atoms with Crippen molar-refractivity contribution in [2.75, 3.05) is 0 Å². The van der Waals surface area contributed by atoms with Crippen molar-refractivity contribution in [2.24, 2.45) is 0 Å².